The first-order valence-electron chi connectivity index (χ1n) is 4.61. The molecule has 0 radical (unpaired) electrons. The van der Waals surface area contributed by atoms with Crippen LogP contribution in [-0.2, 0) is 6.54 Å². The number of hydrogen-bond acceptors (Lipinski definition) is 3. The molecule has 5 heteroatoms. The van der Waals surface area contributed by atoms with Crippen molar-refractivity contribution in [2.24, 2.45) is 0 Å². The van der Waals surface area contributed by atoms with E-state index < -0.39 is 0 Å². The highest BCUT2D eigenvalue weighted by Gasteiger charge is 2.10. The quantitative estimate of drug-likeness (QED) is 0.859. The Labute approximate surface area is 106 Å². The lowest BCUT2D eigenvalue weighted by Crippen LogP contribution is -2.05. The van der Waals surface area contributed by atoms with E-state index in [2.05, 4.69) is 46.1 Å². The number of aryl methyl sites for hydroxylation is 2. The highest BCUT2D eigenvalue weighted by molar-refractivity contribution is 14.1. The molecular weight excluding hydrogens is 321 g/mol. The number of rotatable bonds is 2. The van der Waals surface area contributed by atoms with Crippen molar-refractivity contribution >= 4 is 39.7 Å². The van der Waals surface area contributed by atoms with E-state index in [9.17, 15) is 0 Å². The standard InChI is InChI=1S/C10H12IN3S/c1-6-3-4-15-8(6)5-14-10(12)9(11)7(2)13-14/h3-4H,5,12H2,1-2H3. The Hall–Kier alpha value is -0.560. The Morgan fingerprint density at radius 3 is 2.73 bits per heavy atom. The van der Waals surface area contributed by atoms with Crippen molar-refractivity contribution in [2.45, 2.75) is 20.4 Å². The third-order valence-electron chi connectivity index (χ3n) is 2.35. The molecule has 0 fully saturated rings. The second kappa shape index (κ2) is 4.13. The second-order valence-electron chi connectivity index (χ2n) is 3.47. The summed E-state index contributed by atoms with van der Waals surface area (Å²) in [5, 5.41) is 6.52. The summed E-state index contributed by atoms with van der Waals surface area (Å²) >= 11 is 3.98. The molecule has 80 valence electrons. The van der Waals surface area contributed by atoms with Gasteiger partial charge in [0.1, 0.15) is 5.82 Å². The number of halogens is 1. The topological polar surface area (TPSA) is 43.8 Å². The van der Waals surface area contributed by atoms with Crippen LogP contribution in [0.1, 0.15) is 16.1 Å². The van der Waals surface area contributed by atoms with Crippen molar-refractivity contribution in [3.05, 3.63) is 31.2 Å². The van der Waals surface area contributed by atoms with Crippen molar-refractivity contribution in [3.63, 3.8) is 0 Å². The van der Waals surface area contributed by atoms with Crippen LogP contribution in [0.4, 0.5) is 5.82 Å². The SMILES string of the molecule is Cc1ccsc1Cn1nc(C)c(I)c1N. The molecule has 0 amide bonds. The Morgan fingerprint density at radius 2 is 2.27 bits per heavy atom. The monoisotopic (exact) mass is 333 g/mol. The van der Waals surface area contributed by atoms with Crippen molar-refractivity contribution in [2.75, 3.05) is 5.73 Å². The summed E-state index contributed by atoms with van der Waals surface area (Å²) in [4.78, 5) is 1.32. The van der Waals surface area contributed by atoms with Gasteiger partial charge in [0.05, 0.1) is 15.8 Å². The number of nitrogen functional groups attached to an aromatic ring is 1. The Morgan fingerprint density at radius 1 is 1.53 bits per heavy atom. The highest BCUT2D eigenvalue weighted by Crippen LogP contribution is 2.22. The Bertz CT molecular complexity index is 487. The van der Waals surface area contributed by atoms with E-state index in [-0.39, 0.29) is 0 Å². The second-order valence-corrected chi connectivity index (χ2v) is 5.55. The maximum absolute atomic E-state index is 5.97. The maximum Gasteiger partial charge on any atom is 0.135 e. The van der Waals surface area contributed by atoms with Crippen LogP contribution in [0.5, 0.6) is 0 Å². The summed E-state index contributed by atoms with van der Waals surface area (Å²) in [5.74, 6) is 0.765. The third kappa shape index (κ3) is 2.03. The molecule has 0 unspecified atom stereocenters. The summed E-state index contributed by atoms with van der Waals surface area (Å²) in [6.07, 6.45) is 0. The fraction of sp³-hybridized carbons (Fsp3) is 0.300. The molecule has 0 saturated carbocycles. The van der Waals surface area contributed by atoms with E-state index in [4.69, 9.17) is 5.73 Å². The average Bonchev–Trinajstić information content (AvgIpc) is 2.69. The lowest BCUT2D eigenvalue weighted by Gasteiger charge is -2.03. The minimum Gasteiger partial charge on any atom is -0.383 e. The molecule has 2 rings (SSSR count). The van der Waals surface area contributed by atoms with Crippen LogP contribution in [0.25, 0.3) is 0 Å². The van der Waals surface area contributed by atoms with E-state index >= 15 is 0 Å². The number of nitrogens with zero attached hydrogens (tertiary/aromatic N) is 2. The van der Waals surface area contributed by atoms with Crippen LogP contribution in [0.15, 0.2) is 11.4 Å². The predicted molar refractivity (Wildman–Crippen MR) is 72.3 cm³/mol. The van der Waals surface area contributed by atoms with E-state index in [1.165, 1.54) is 10.4 Å². The van der Waals surface area contributed by atoms with Gasteiger partial charge in [-0.05, 0) is 53.4 Å². The fourth-order valence-electron chi connectivity index (χ4n) is 1.40. The fourth-order valence-corrected chi connectivity index (χ4v) is 2.67. The third-order valence-corrected chi connectivity index (χ3v) is 4.69. The predicted octanol–water partition coefficient (Wildman–Crippen LogP) is 2.80. The van der Waals surface area contributed by atoms with Gasteiger partial charge in [0, 0.05) is 4.88 Å². The first-order valence-corrected chi connectivity index (χ1v) is 6.56. The van der Waals surface area contributed by atoms with Crippen LogP contribution in [0, 0.1) is 17.4 Å². The van der Waals surface area contributed by atoms with E-state index in [1.54, 1.807) is 11.3 Å². The summed E-state index contributed by atoms with van der Waals surface area (Å²) < 4.78 is 2.93. The molecule has 0 spiro atoms. The zero-order chi connectivity index (χ0) is 11.0. The molecule has 0 aromatic carbocycles. The van der Waals surface area contributed by atoms with Gasteiger partial charge in [0.25, 0.3) is 0 Å². The van der Waals surface area contributed by atoms with Crippen molar-refractivity contribution in [1.29, 1.82) is 0 Å². The zero-order valence-corrected chi connectivity index (χ0v) is 11.6. The van der Waals surface area contributed by atoms with Gasteiger partial charge in [-0.3, -0.25) is 0 Å². The Balaban J connectivity index is 2.33. The molecular formula is C10H12IN3S. The van der Waals surface area contributed by atoms with Crippen LogP contribution < -0.4 is 5.73 Å². The molecule has 3 nitrogen and oxygen atoms in total. The lowest BCUT2D eigenvalue weighted by molar-refractivity contribution is 0.694. The molecule has 0 bridgehead atoms. The van der Waals surface area contributed by atoms with E-state index in [0.29, 0.717) is 0 Å². The maximum atomic E-state index is 5.97. The van der Waals surface area contributed by atoms with Crippen molar-refractivity contribution in [3.8, 4) is 0 Å². The van der Waals surface area contributed by atoms with E-state index in [0.717, 1.165) is 21.6 Å². The average molecular weight is 333 g/mol. The molecule has 0 atom stereocenters. The lowest BCUT2D eigenvalue weighted by atomic mass is 10.3. The first-order chi connectivity index (χ1) is 7.09. The molecule has 15 heavy (non-hydrogen) atoms. The van der Waals surface area contributed by atoms with Gasteiger partial charge in [-0.25, -0.2) is 4.68 Å². The summed E-state index contributed by atoms with van der Waals surface area (Å²) in [6, 6.07) is 2.12. The van der Waals surface area contributed by atoms with Gasteiger partial charge < -0.3 is 5.73 Å². The molecule has 0 aliphatic heterocycles. The summed E-state index contributed by atoms with van der Waals surface area (Å²) in [7, 11) is 0. The van der Waals surface area contributed by atoms with Gasteiger partial charge in [-0.1, -0.05) is 0 Å². The van der Waals surface area contributed by atoms with Gasteiger partial charge in [-0.15, -0.1) is 11.3 Å². The minimum absolute atomic E-state index is 0.765. The number of aromatic nitrogens is 2. The number of thiophene rings is 1. The normalized spacial score (nSPS) is 10.9. The smallest absolute Gasteiger partial charge is 0.135 e. The summed E-state index contributed by atoms with van der Waals surface area (Å²) in [6.45, 7) is 4.87. The molecule has 0 aliphatic rings. The number of anilines is 1. The summed E-state index contributed by atoms with van der Waals surface area (Å²) in [5.41, 5.74) is 8.28. The molecule has 2 aromatic heterocycles. The molecule has 2 heterocycles. The van der Waals surface area contributed by atoms with E-state index in [1.807, 2.05) is 11.6 Å². The molecule has 2 aromatic rings. The van der Waals surface area contributed by atoms with Gasteiger partial charge in [-0.2, -0.15) is 5.10 Å². The molecule has 0 aliphatic carbocycles. The van der Waals surface area contributed by atoms with Crippen LogP contribution in [0.3, 0.4) is 0 Å². The van der Waals surface area contributed by atoms with Crippen LogP contribution in [-0.4, -0.2) is 9.78 Å². The highest BCUT2D eigenvalue weighted by atomic mass is 127. The number of hydrogen-bond donors (Lipinski definition) is 1. The largest absolute Gasteiger partial charge is 0.383 e. The van der Waals surface area contributed by atoms with Crippen molar-refractivity contribution in [1.82, 2.24) is 9.78 Å². The minimum atomic E-state index is 0.765. The van der Waals surface area contributed by atoms with Gasteiger partial charge in [0.2, 0.25) is 0 Å². The van der Waals surface area contributed by atoms with Crippen molar-refractivity contribution < 1.29 is 0 Å². The van der Waals surface area contributed by atoms with Gasteiger partial charge >= 0.3 is 0 Å². The Kier molecular flexibility index (Phi) is 3.01. The van der Waals surface area contributed by atoms with Gasteiger partial charge in [0.15, 0.2) is 0 Å². The van der Waals surface area contributed by atoms with Crippen LogP contribution >= 0.6 is 33.9 Å². The molecule has 2 N–H and O–H groups in total. The first kappa shape index (κ1) is 10.9. The molecule has 0 saturated heterocycles. The number of nitrogens with two attached hydrogens (primary N) is 1. The zero-order valence-electron chi connectivity index (χ0n) is 8.62. The van der Waals surface area contributed by atoms with Crippen LogP contribution in [0.2, 0.25) is 0 Å².